The van der Waals surface area contributed by atoms with Crippen LogP contribution >= 0.6 is 0 Å². The normalized spacial score (nSPS) is 32.7. The molecule has 3 nitrogen and oxygen atoms in total. The zero-order chi connectivity index (χ0) is 10.8. The van der Waals surface area contributed by atoms with Crippen molar-refractivity contribution in [1.29, 1.82) is 0 Å². The molecule has 2 rings (SSSR count). The second-order valence-corrected chi connectivity index (χ2v) is 5.23. The van der Waals surface area contributed by atoms with Gasteiger partial charge in [-0.05, 0) is 37.5 Å². The lowest BCUT2D eigenvalue weighted by molar-refractivity contribution is -0.125. The summed E-state index contributed by atoms with van der Waals surface area (Å²) in [4.78, 5) is 11.7. The molecule has 0 bridgehead atoms. The van der Waals surface area contributed by atoms with Gasteiger partial charge in [0.25, 0.3) is 0 Å². The van der Waals surface area contributed by atoms with Crippen LogP contribution in [0.15, 0.2) is 0 Å². The molecule has 0 radical (unpaired) electrons. The molecule has 0 aromatic carbocycles. The zero-order valence-electron chi connectivity index (χ0n) is 9.54. The van der Waals surface area contributed by atoms with E-state index < -0.39 is 0 Å². The van der Waals surface area contributed by atoms with Crippen molar-refractivity contribution in [2.75, 3.05) is 6.54 Å². The number of amides is 1. The van der Waals surface area contributed by atoms with Crippen LogP contribution in [-0.4, -0.2) is 18.5 Å². The Morgan fingerprint density at radius 1 is 1.40 bits per heavy atom. The summed E-state index contributed by atoms with van der Waals surface area (Å²) in [6.45, 7) is 2.83. The number of nitrogens with two attached hydrogens (primary N) is 1. The number of carbonyl (C=O) groups excluding carboxylic acids is 1. The van der Waals surface area contributed by atoms with E-state index in [-0.39, 0.29) is 11.8 Å². The van der Waals surface area contributed by atoms with Gasteiger partial charge < -0.3 is 11.1 Å². The molecule has 86 valence electrons. The van der Waals surface area contributed by atoms with Crippen LogP contribution in [0.1, 0.15) is 39.0 Å². The van der Waals surface area contributed by atoms with Crippen molar-refractivity contribution in [1.82, 2.24) is 5.32 Å². The standard InChI is InChI=1S/C12H22N2O/c1-8(9-5-6-9)12(15)14-7-10-3-2-4-11(10)13/h8-11H,2-7,13H2,1H3,(H,14,15). The number of carbonyl (C=O) groups is 1. The molecule has 2 aliphatic rings. The van der Waals surface area contributed by atoms with E-state index in [0.29, 0.717) is 17.9 Å². The Labute approximate surface area is 91.8 Å². The maximum atomic E-state index is 11.7. The average Bonchev–Trinajstić information content (AvgIpc) is 2.99. The fourth-order valence-corrected chi connectivity index (χ4v) is 2.52. The summed E-state index contributed by atoms with van der Waals surface area (Å²) in [6.07, 6.45) is 5.99. The van der Waals surface area contributed by atoms with Crippen molar-refractivity contribution in [2.24, 2.45) is 23.5 Å². The van der Waals surface area contributed by atoms with Gasteiger partial charge >= 0.3 is 0 Å². The van der Waals surface area contributed by atoms with E-state index in [1.54, 1.807) is 0 Å². The predicted molar refractivity (Wildman–Crippen MR) is 60.2 cm³/mol. The molecule has 0 aromatic heterocycles. The summed E-state index contributed by atoms with van der Waals surface area (Å²) >= 11 is 0. The van der Waals surface area contributed by atoms with Gasteiger partial charge in [0, 0.05) is 18.5 Å². The maximum absolute atomic E-state index is 11.7. The van der Waals surface area contributed by atoms with Gasteiger partial charge in [0.15, 0.2) is 0 Å². The summed E-state index contributed by atoms with van der Waals surface area (Å²) in [6, 6.07) is 0.307. The Morgan fingerprint density at radius 3 is 2.67 bits per heavy atom. The van der Waals surface area contributed by atoms with Crippen molar-refractivity contribution < 1.29 is 4.79 Å². The van der Waals surface area contributed by atoms with Crippen LogP contribution in [-0.2, 0) is 4.79 Å². The van der Waals surface area contributed by atoms with E-state index in [1.165, 1.54) is 25.7 Å². The van der Waals surface area contributed by atoms with E-state index >= 15 is 0 Å². The fraction of sp³-hybridized carbons (Fsp3) is 0.917. The molecule has 0 saturated heterocycles. The Morgan fingerprint density at radius 2 is 2.13 bits per heavy atom. The molecule has 2 aliphatic carbocycles. The number of hydrogen-bond acceptors (Lipinski definition) is 2. The van der Waals surface area contributed by atoms with Gasteiger partial charge in [-0.2, -0.15) is 0 Å². The van der Waals surface area contributed by atoms with Gasteiger partial charge in [0.1, 0.15) is 0 Å². The number of rotatable bonds is 4. The minimum Gasteiger partial charge on any atom is -0.356 e. The smallest absolute Gasteiger partial charge is 0.223 e. The average molecular weight is 210 g/mol. The van der Waals surface area contributed by atoms with Gasteiger partial charge in [-0.25, -0.2) is 0 Å². The molecule has 3 unspecified atom stereocenters. The maximum Gasteiger partial charge on any atom is 0.223 e. The second kappa shape index (κ2) is 4.52. The lowest BCUT2D eigenvalue weighted by atomic mass is 10.0. The molecule has 0 heterocycles. The Balaban J connectivity index is 1.70. The minimum absolute atomic E-state index is 0.211. The molecule has 0 spiro atoms. The number of hydrogen-bond donors (Lipinski definition) is 2. The van der Waals surface area contributed by atoms with Crippen molar-refractivity contribution in [3.63, 3.8) is 0 Å². The van der Waals surface area contributed by atoms with Gasteiger partial charge in [0.05, 0.1) is 0 Å². The van der Waals surface area contributed by atoms with Gasteiger partial charge in [-0.3, -0.25) is 4.79 Å². The fourth-order valence-electron chi connectivity index (χ4n) is 2.52. The van der Waals surface area contributed by atoms with Crippen LogP contribution in [0.5, 0.6) is 0 Å². The monoisotopic (exact) mass is 210 g/mol. The molecule has 3 heteroatoms. The quantitative estimate of drug-likeness (QED) is 0.734. The largest absolute Gasteiger partial charge is 0.356 e. The Hall–Kier alpha value is -0.570. The Bertz CT molecular complexity index is 238. The first-order valence-corrected chi connectivity index (χ1v) is 6.21. The van der Waals surface area contributed by atoms with Crippen molar-refractivity contribution in [3.8, 4) is 0 Å². The molecule has 1 amide bonds. The van der Waals surface area contributed by atoms with Crippen LogP contribution in [0.2, 0.25) is 0 Å². The third-order valence-corrected chi connectivity index (χ3v) is 4.00. The third kappa shape index (κ3) is 2.71. The van der Waals surface area contributed by atoms with E-state index in [4.69, 9.17) is 5.73 Å². The molecular weight excluding hydrogens is 188 g/mol. The first-order valence-electron chi connectivity index (χ1n) is 6.21. The first kappa shape index (κ1) is 10.9. The first-order chi connectivity index (χ1) is 7.18. The summed E-state index contributed by atoms with van der Waals surface area (Å²) in [7, 11) is 0. The van der Waals surface area contributed by atoms with Crippen LogP contribution in [0, 0.1) is 17.8 Å². The highest BCUT2D eigenvalue weighted by molar-refractivity contribution is 5.78. The molecule has 15 heavy (non-hydrogen) atoms. The topological polar surface area (TPSA) is 55.1 Å². The summed E-state index contributed by atoms with van der Waals surface area (Å²) < 4.78 is 0. The van der Waals surface area contributed by atoms with Crippen LogP contribution in [0.4, 0.5) is 0 Å². The number of nitrogens with one attached hydrogen (secondary N) is 1. The predicted octanol–water partition coefficient (Wildman–Crippen LogP) is 1.28. The van der Waals surface area contributed by atoms with Crippen LogP contribution < -0.4 is 11.1 Å². The summed E-state index contributed by atoms with van der Waals surface area (Å²) in [5, 5.41) is 3.06. The van der Waals surface area contributed by atoms with E-state index in [1.807, 2.05) is 6.92 Å². The highest BCUT2D eigenvalue weighted by Gasteiger charge is 2.33. The highest BCUT2D eigenvalue weighted by Crippen LogP contribution is 2.36. The van der Waals surface area contributed by atoms with E-state index in [0.717, 1.165) is 13.0 Å². The van der Waals surface area contributed by atoms with Crippen molar-refractivity contribution in [2.45, 2.75) is 45.1 Å². The molecular formula is C12H22N2O. The van der Waals surface area contributed by atoms with Gasteiger partial charge in [0.2, 0.25) is 5.91 Å². The van der Waals surface area contributed by atoms with Crippen molar-refractivity contribution in [3.05, 3.63) is 0 Å². The SMILES string of the molecule is CC(C(=O)NCC1CCCC1N)C1CC1. The highest BCUT2D eigenvalue weighted by atomic mass is 16.1. The van der Waals surface area contributed by atoms with E-state index in [2.05, 4.69) is 5.32 Å². The van der Waals surface area contributed by atoms with Gasteiger partial charge in [-0.15, -0.1) is 0 Å². The minimum atomic E-state index is 0.211. The molecule has 0 aliphatic heterocycles. The third-order valence-electron chi connectivity index (χ3n) is 4.00. The second-order valence-electron chi connectivity index (χ2n) is 5.23. The molecule has 0 aromatic rings. The van der Waals surface area contributed by atoms with E-state index in [9.17, 15) is 4.79 Å². The molecule has 2 fully saturated rings. The lowest BCUT2D eigenvalue weighted by Gasteiger charge is -2.17. The molecule has 3 N–H and O–H groups in total. The summed E-state index contributed by atoms with van der Waals surface area (Å²) in [5.41, 5.74) is 5.96. The Kier molecular flexibility index (Phi) is 3.29. The van der Waals surface area contributed by atoms with Crippen LogP contribution in [0.3, 0.4) is 0 Å². The lowest BCUT2D eigenvalue weighted by Crippen LogP contribution is -2.38. The van der Waals surface area contributed by atoms with Gasteiger partial charge in [-0.1, -0.05) is 13.3 Å². The zero-order valence-corrected chi connectivity index (χ0v) is 9.54. The molecule has 3 atom stereocenters. The van der Waals surface area contributed by atoms with Crippen molar-refractivity contribution >= 4 is 5.91 Å². The summed E-state index contributed by atoms with van der Waals surface area (Å²) in [5.74, 6) is 1.61. The van der Waals surface area contributed by atoms with Crippen LogP contribution in [0.25, 0.3) is 0 Å². The molecule has 2 saturated carbocycles.